The lowest BCUT2D eigenvalue weighted by atomic mass is 10.1. The summed E-state index contributed by atoms with van der Waals surface area (Å²) >= 11 is 1.56. The fourth-order valence-corrected chi connectivity index (χ4v) is 3.52. The van der Waals surface area contributed by atoms with Gasteiger partial charge in [0, 0.05) is 18.9 Å². The summed E-state index contributed by atoms with van der Waals surface area (Å²) in [6.45, 7) is 0.416. The van der Waals surface area contributed by atoms with Crippen molar-refractivity contribution in [3.8, 4) is 0 Å². The van der Waals surface area contributed by atoms with Crippen LogP contribution in [0.25, 0.3) is 10.9 Å². The van der Waals surface area contributed by atoms with Crippen LogP contribution in [0.5, 0.6) is 0 Å². The Labute approximate surface area is 166 Å². The van der Waals surface area contributed by atoms with Crippen molar-refractivity contribution in [3.63, 3.8) is 0 Å². The average molecular weight is 398 g/mol. The second-order valence-electron chi connectivity index (χ2n) is 6.34. The molecule has 0 unspecified atom stereocenters. The number of rotatable bonds is 8. The Morgan fingerprint density at radius 2 is 1.96 bits per heavy atom. The van der Waals surface area contributed by atoms with Gasteiger partial charge in [-0.05, 0) is 54.7 Å². The number of hydrogen-bond acceptors (Lipinski definition) is 5. The van der Waals surface area contributed by atoms with Crippen molar-refractivity contribution in [3.05, 3.63) is 75.2 Å². The maximum atomic E-state index is 12.9. The van der Waals surface area contributed by atoms with E-state index < -0.39 is 17.3 Å². The summed E-state index contributed by atoms with van der Waals surface area (Å²) in [4.78, 5) is 45.0. The van der Waals surface area contributed by atoms with E-state index in [-0.39, 0.29) is 5.91 Å². The normalized spacial score (nSPS) is 12.0. The van der Waals surface area contributed by atoms with Crippen LogP contribution in [0.4, 0.5) is 0 Å². The molecular weight excluding hydrogens is 376 g/mol. The van der Waals surface area contributed by atoms with E-state index in [9.17, 15) is 14.4 Å². The van der Waals surface area contributed by atoms with Gasteiger partial charge < -0.3 is 10.3 Å². The molecule has 7 nitrogen and oxygen atoms in total. The van der Waals surface area contributed by atoms with E-state index in [1.165, 1.54) is 0 Å². The molecule has 0 aliphatic rings. The van der Waals surface area contributed by atoms with E-state index in [2.05, 4.69) is 15.3 Å². The highest BCUT2D eigenvalue weighted by atomic mass is 32.2. The maximum absolute atomic E-state index is 12.9. The van der Waals surface area contributed by atoms with Gasteiger partial charge in [0.2, 0.25) is 5.91 Å². The second kappa shape index (κ2) is 9.36. The van der Waals surface area contributed by atoms with Gasteiger partial charge in [-0.1, -0.05) is 12.1 Å². The van der Waals surface area contributed by atoms with E-state index in [4.69, 9.17) is 0 Å². The Morgan fingerprint density at radius 1 is 1.21 bits per heavy atom. The maximum Gasteiger partial charge on any atom is 0.329 e. The summed E-state index contributed by atoms with van der Waals surface area (Å²) in [6.07, 6.45) is 6.36. The fraction of sp³-hybridized carbons (Fsp3) is 0.300. The van der Waals surface area contributed by atoms with Crippen molar-refractivity contribution in [2.45, 2.75) is 18.9 Å². The Balaban J connectivity index is 1.85. The molecule has 0 spiro atoms. The van der Waals surface area contributed by atoms with Gasteiger partial charge in [0.25, 0.3) is 5.56 Å². The first-order valence-corrected chi connectivity index (χ1v) is 10.4. The molecule has 0 radical (unpaired) electrons. The zero-order valence-corrected chi connectivity index (χ0v) is 16.4. The Kier molecular flexibility index (Phi) is 6.65. The number of carbonyl (C=O) groups is 1. The highest BCUT2D eigenvalue weighted by molar-refractivity contribution is 7.98. The number of carbonyl (C=O) groups excluding carboxylic acids is 1. The monoisotopic (exact) mass is 398 g/mol. The molecular formula is C20H22N4O3S. The SMILES string of the molecule is CSCC[C@@H](C(=O)NCCc1ccncc1)n1c(=O)[nH]c2ccccc2c1=O. The molecule has 0 fully saturated rings. The number of benzene rings is 1. The molecule has 0 saturated heterocycles. The van der Waals surface area contributed by atoms with Gasteiger partial charge >= 0.3 is 5.69 Å². The van der Waals surface area contributed by atoms with Crippen LogP contribution in [-0.4, -0.2) is 39.0 Å². The molecule has 0 bridgehead atoms. The minimum atomic E-state index is -0.856. The molecule has 2 aromatic heterocycles. The summed E-state index contributed by atoms with van der Waals surface area (Å²) < 4.78 is 1.04. The minimum absolute atomic E-state index is 0.328. The summed E-state index contributed by atoms with van der Waals surface area (Å²) in [7, 11) is 0. The third-order valence-electron chi connectivity index (χ3n) is 4.51. The first kappa shape index (κ1) is 19.9. The third kappa shape index (κ3) is 4.51. The number of para-hydroxylation sites is 1. The fourth-order valence-electron chi connectivity index (χ4n) is 3.06. The number of hydrogen-bond donors (Lipinski definition) is 2. The summed E-state index contributed by atoms with van der Waals surface area (Å²) in [5, 5.41) is 3.25. The molecule has 2 heterocycles. The van der Waals surface area contributed by atoms with Crippen LogP contribution in [0.1, 0.15) is 18.0 Å². The van der Waals surface area contributed by atoms with Crippen molar-refractivity contribution < 1.29 is 4.79 Å². The standard InChI is InChI=1S/C20H22N4O3S/c1-28-13-9-17(18(25)22-12-8-14-6-10-21-11-7-14)24-19(26)15-4-2-3-5-16(15)23-20(24)27/h2-7,10-11,17H,8-9,12-13H2,1H3,(H,22,25)(H,23,27)/t17-/m0/s1. The molecule has 0 aliphatic heterocycles. The van der Waals surface area contributed by atoms with E-state index in [1.807, 2.05) is 18.4 Å². The quantitative estimate of drug-likeness (QED) is 0.602. The molecule has 0 saturated carbocycles. The lowest BCUT2D eigenvalue weighted by Crippen LogP contribution is -2.45. The van der Waals surface area contributed by atoms with Gasteiger partial charge in [0.1, 0.15) is 6.04 Å². The Hall–Kier alpha value is -2.87. The molecule has 0 aliphatic carbocycles. The van der Waals surface area contributed by atoms with Gasteiger partial charge in [-0.3, -0.25) is 14.6 Å². The first-order chi connectivity index (χ1) is 13.6. The summed E-state index contributed by atoms with van der Waals surface area (Å²) in [5.74, 6) is 0.326. The van der Waals surface area contributed by atoms with Crippen LogP contribution >= 0.6 is 11.8 Å². The van der Waals surface area contributed by atoms with E-state index in [0.717, 1.165) is 10.1 Å². The van der Waals surface area contributed by atoms with Crippen LogP contribution in [0.2, 0.25) is 0 Å². The van der Waals surface area contributed by atoms with Crippen LogP contribution in [0.3, 0.4) is 0 Å². The number of nitrogens with zero attached hydrogens (tertiary/aromatic N) is 2. The number of pyridine rings is 1. The number of aromatic amines is 1. The molecule has 3 aromatic rings. The molecule has 3 rings (SSSR count). The van der Waals surface area contributed by atoms with Crippen molar-refractivity contribution in [2.75, 3.05) is 18.6 Å². The van der Waals surface area contributed by atoms with Crippen molar-refractivity contribution in [2.24, 2.45) is 0 Å². The highest BCUT2D eigenvalue weighted by Gasteiger charge is 2.24. The number of H-pyrrole nitrogens is 1. The third-order valence-corrected chi connectivity index (χ3v) is 5.15. The molecule has 2 N–H and O–H groups in total. The van der Waals surface area contributed by atoms with E-state index >= 15 is 0 Å². The summed E-state index contributed by atoms with van der Waals surface area (Å²) in [5.41, 5.74) is 0.501. The molecule has 146 valence electrons. The Bertz CT molecular complexity index is 1060. The van der Waals surface area contributed by atoms with Crippen LogP contribution < -0.4 is 16.6 Å². The first-order valence-electron chi connectivity index (χ1n) is 9.01. The smallest absolute Gasteiger partial charge is 0.329 e. The zero-order valence-electron chi connectivity index (χ0n) is 15.6. The van der Waals surface area contributed by atoms with Crippen LogP contribution in [0, 0.1) is 0 Å². The molecule has 8 heteroatoms. The van der Waals surface area contributed by atoms with E-state index in [0.29, 0.717) is 36.0 Å². The summed E-state index contributed by atoms with van der Waals surface area (Å²) in [6, 6.07) is 9.72. The number of fused-ring (bicyclic) bond motifs is 1. The van der Waals surface area contributed by atoms with Gasteiger partial charge in [0.05, 0.1) is 10.9 Å². The van der Waals surface area contributed by atoms with Gasteiger partial charge in [-0.25, -0.2) is 9.36 Å². The van der Waals surface area contributed by atoms with Gasteiger partial charge in [-0.2, -0.15) is 11.8 Å². The second-order valence-corrected chi connectivity index (χ2v) is 7.33. The number of nitrogens with one attached hydrogen (secondary N) is 2. The lowest BCUT2D eigenvalue weighted by molar-refractivity contribution is -0.124. The highest BCUT2D eigenvalue weighted by Crippen LogP contribution is 2.13. The van der Waals surface area contributed by atoms with E-state index in [1.54, 1.807) is 48.4 Å². The molecule has 1 amide bonds. The largest absolute Gasteiger partial charge is 0.354 e. The predicted molar refractivity (Wildman–Crippen MR) is 112 cm³/mol. The predicted octanol–water partition coefficient (Wildman–Crippen LogP) is 1.74. The van der Waals surface area contributed by atoms with Crippen molar-refractivity contribution in [1.82, 2.24) is 19.9 Å². The van der Waals surface area contributed by atoms with Crippen molar-refractivity contribution in [1.29, 1.82) is 0 Å². The molecule has 1 atom stereocenters. The van der Waals surface area contributed by atoms with Crippen LogP contribution in [-0.2, 0) is 11.2 Å². The van der Waals surface area contributed by atoms with Gasteiger partial charge in [-0.15, -0.1) is 0 Å². The number of thioether (sulfide) groups is 1. The van der Waals surface area contributed by atoms with Crippen molar-refractivity contribution >= 4 is 28.6 Å². The van der Waals surface area contributed by atoms with Crippen LogP contribution in [0.15, 0.2) is 58.4 Å². The van der Waals surface area contributed by atoms with Gasteiger partial charge in [0.15, 0.2) is 0 Å². The Morgan fingerprint density at radius 3 is 2.71 bits per heavy atom. The zero-order chi connectivity index (χ0) is 19.9. The molecule has 1 aromatic carbocycles. The molecule has 28 heavy (non-hydrogen) atoms. The minimum Gasteiger partial charge on any atom is -0.354 e. The lowest BCUT2D eigenvalue weighted by Gasteiger charge is -2.18. The number of amides is 1. The topological polar surface area (TPSA) is 96.8 Å². The number of aromatic nitrogens is 3. The average Bonchev–Trinajstić information content (AvgIpc) is 2.71.